The van der Waals surface area contributed by atoms with Gasteiger partial charge >= 0.3 is 5.97 Å². The summed E-state index contributed by atoms with van der Waals surface area (Å²) in [4.78, 5) is 12.6. The van der Waals surface area contributed by atoms with Crippen LogP contribution in [0.2, 0.25) is 0 Å². The normalized spacial score (nSPS) is 14.7. The van der Waals surface area contributed by atoms with Crippen molar-refractivity contribution in [2.24, 2.45) is 0 Å². The maximum absolute atomic E-state index is 12.6. The van der Waals surface area contributed by atoms with Gasteiger partial charge in [0.2, 0.25) is 0 Å². The van der Waals surface area contributed by atoms with Gasteiger partial charge in [0.05, 0.1) is 19.3 Å². The SMILES string of the molecule is CCc1ccc(-c2c3c(cc4ccc5c(c24)CCO5)COC3=O)cc1OC. The molecule has 3 aromatic rings. The third-order valence-electron chi connectivity index (χ3n) is 5.58. The number of cyclic esters (lactones) is 1. The number of rotatable bonds is 3. The van der Waals surface area contributed by atoms with Crippen molar-refractivity contribution >= 4 is 16.7 Å². The molecule has 27 heavy (non-hydrogen) atoms. The van der Waals surface area contributed by atoms with Gasteiger partial charge in [0, 0.05) is 23.1 Å². The zero-order valence-corrected chi connectivity index (χ0v) is 15.4. The number of hydrogen-bond donors (Lipinski definition) is 0. The molecule has 3 aromatic carbocycles. The van der Waals surface area contributed by atoms with Gasteiger partial charge in [-0.2, -0.15) is 0 Å². The molecule has 2 aliphatic rings. The first kappa shape index (κ1) is 16.2. The van der Waals surface area contributed by atoms with E-state index >= 15 is 0 Å². The molecule has 4 heteroatoms. The lowest BCUT2D eigenvalue weighted by atomic mass is 9.87. The molecule has 136 valence electrons. The lowest BCUT2D eigenvalue weighted by Crippen LogP contribution is -2.01. The summed E-state index contributed by atoms with van der Waals surface area (Å²) in [6, 6.07) is 12.4. The molecule has 0 amide bonds. The third kappa shape index (κ3) is 2.33. The van der Waals surface area contributed by atoms with Crippen LogP contribution in [0, 0.1) is 0 Å². The second kappa shape index (κ2) is 6.02. The van der Waals surface area contributed by atoms with Crippen LogP contribution >= 0.6 is 0 Å². The van der Waals surface area contributed by atoms with Crippen LogP contribution in [0.3, 0.4) is 0 Å². The van der Waals surface area contributed by atoms with Crippen LogP contribution in [0.5, 0.6) is 11.5 Å². The van der Waals surface area contributed by atoms with E-state index in [1.165, 1.54) is 5.56 Å². The lowest BCUT2D eigenvalue weighted by Gasteiger charge is -2.16. The van der Waals surface area contributed by atoms with Gasteiger partial charge in [-0.25, -0.2) is 4.79 Å². The zero-order valence-electron chi connectivity index (χ0n) is 15.4. The average Bonchev–Trinajstić information content (AvgIpc) is 3.32. The Balaban J connectivity index is 1.89. The maximum atomic E-state index is 12.6. The average molecular weight is 360 g/mol. The maximum Gasteiger partial charge on any atom is 0.339 e. The first-order valence-electron chi connectivity index (χ1n) is 9.30. The number of aryl methyl sites for hydroxylation is 1. The molecule has 0 radical (unpaired) electrons. The molecule has 0 unspecified atom stereocenters. The van der Waals surface area contributed by atoms with E-state index in [9.17, 15) is 4.79 Å². The van der Waals surface area contributed by atoms with E-state index in [-0.39, 0.29) is 5.97 Å². The Kier molecular flexibility index (Phi) is 3.61. The lowest BCUT2D eigenvalue weighted by molar-refractivity contribution is 0.0535. The molecule has 0 fully saturated rings. The predicted octanol–water partition coefficient (Wildman–Crippen LogP) is 4.68. The van der Waals surface area contributed by atoms with Crippen LogP contribution in [0.4, 0.5) is 0 Å². The van der Waals surface area contributed by atoms with Crippen LogP contribution in [0.25, 0.3) is 21.9 Å². The summed E-state index contributed by atoms with van der Waals surface area (Å²) in [6.07, 6.45) is 1.74. The van der Waals surface area contributed by atoms with Gasteiger partial charge in [-0.3, -0.25) is 0 Å². The second-order valence-electron chi connectivity index (χ2n) is 6.98. The standard InChI is InChI=1S/C23H20O4/c1-3-13-4-5-15(11-19(13)25-2)21-20-14(6-7-18-17(20)8-9-26-18)10-16-12-27-23(24)22(16)21/h4-7,10-11H,3,8-9,12H2,1-2H3. The van der Waals surface area contributed by atoms with Crippen LogP contribution < -0.4 is 9.47 Å². The molecule has 2 aliphatic heterocycles. The highest BCUT2D eigenvalue weighted by atomic mass is 16.5. The molecule has 4 nitrogen and oxygen atoms in total. The van der Waals surface area contributed by atoms with Gasteiger partial charge < -0.3 is 14.2 Å². The van der Waals surface area contributed by atoms with Crippen molar-refractivity contribution < 1.29 is 19.0 Å². The largest absolute Gasteiger partial charge is 0.496 e. The van der Waals surface area contributed by atoms with Crippen molar-refractivity contribution in [2.75, 3.05) is 13.7 Å². The summed E-state index contributed by atoms with van der Waals surface area (Å²) in [7, 11) is 1.69. The molecule has 0 aromatic heterocycles. The Morgan fingerprint density at radius 1 is 1.07 bits per heavy atom. The summed E-state index contributed by atoms with van der Waals surface area (Å²) in [6.45, 7) is 3.11. The Labute approximate surface area is 157 Å². The van der Waals surface area contributed by atoms with Gasteiger partial charge in [-0.1, -0.05) is 25.1 Å². The van der Waals surface area contributed by atoms with Crippen molar-refractivity contribution in [3.63, 3.8) is 0 Å². The predicted molar refractivity (Wildman–Crippen MR) is 104 cm³/mol. The van der Waals surface area contributed by atoms with Crippen molar-refractivity contribution in [1.29, 1.82) is 0 Å². The molecule has 0 saturated carbocycles. The van der Waals surface area contributed by atoms with Crippen molar-refractivity contribution in [3.05, 3.63) is 58.7 Å². The topological polar surface area (TPSA) is 44.8 Å². The van der Waals surface area contributed by atoms with Crippen molar-refractivity contribution in [1.82, 2.24) is 0 Å². The fraction of sp³-hybridized carbons (Fsp3) is 0.261. The summed E-state index contributed by atoms with van der Waals surface area (Å²) >= 11 is 0. The molecule has 5 rings (SSSR count). The van der Waals surface area contributed by atoms with E-state index in [0.29, 0.717) is 18.8 Å². The highest BCUT2D eigenvalue weighted by Crippen LogP contribution is 2.44. The number of benzene rings is 3. The number of carbonyl (C=O) groups is 1. The van der Waals surface area contributed by atoms with Crippen LogP contribution in [-0.4, -0.2) is 19.7 Å². The number of esters is 1. The molecule has 0 atom stereocenters. The Hall–Kier alpha value is -3.01. The smallest absolute Gasteiger partial charge is 0.339 e. The molecule has 0 aliphatic carbocycles. The highest BCUT2D eigenvalue weighted by Gasteiger charge is 2.30. The summed E-state index contributed by atoms with van der Waals surface area (Å²) in [5.74, 6) is 1.50. The summed E-state index contributed by atoms with van der Waals surface area (Å²) in [5.41, 5.74) is 5.85. The van der Waals surface area contributed by atoms with E-state index < -0.39 is 0 Å². The molecule has 0 bridgehead atoms. The number of methoxy groups -OCH3 is 1. The van der Waals surface area contributed by atoms with Gasteiger partial charge in [0.25, 0.3) is 0 Å². The molecule has 0 saturated heterocycles. The Morgan fingerprint density at radius 2 is 1.96 bits per heavy atom. The Bertz CT molecular complexity index is 1100. The Morgan fingerprint density at radius 3 is 2.78 bits per heavy atom. The molecule has 2 heterocycles. The minimum atomic E-state index is -0.253. The van der Waals surface area contributed by atoms with E-state index in [4.69, 9.17) is 14.2 Å². The van der Waals surface area contributed by atoms with Crippen LogP contribution in [0.1, 0.15) is 34.0 Å². The summed E-state index contributed by atoms with van der Waals surface area (Å²) in [5, 5.41) is 2.21. The van der Waals surface area contributed by atoms with Crippen molar-refractivity contribution in [3.8, 4) is 22.6 Å². The quantitative estimate of drug-likeness (QED) is 0.636. The summed E-state index contributed by atoms with van der Waals surface area (Å²) < 4.78 is 16.8. The van der Waals surface area contributed by atoms with Gasteiger partial charge in [-0.15, -0.1) is 0 Å². The third-order valence-corrected chi connectivity index (χ3v) is 5.58. The fourth-order valence-electron chi connectivity index (χ4n) is 4.30. The van der Waals surface area contributed by atoms with Crippen LogP contribution in [-0.2, 0) is 24.2 Å². The number of hydrogen-bond acceptors (Lipinski definition) is 4. The highest BCUT2D eigenvalue weighted by molar-refractivity contribution is 6.12. The van der Waals surface area contributed by atoms with E-state index in [0.717, 1.165) is 57.4 Å². The number of carbonyl (C=O) groups excluding carboxylic acids is 1. The van der Waals surface area contributed by atoms with Gasteiger partial charge in [0.1, 0.15) is 18.1 Å². The minimum Gasteiger partial charge on any atom is -0.496 e. The van der Waals surface area contributed by atoms with Crippen LogP contribution in [0.15, 0.2) is 36.4 Å². The van der Waals surface area contributed by atoms with Gasteiger partial charge in [-0.05, 0) is 46.5 Å². The molecular weight excluding hydrogens is 340 g/mol. The molecule has 0 spiro atoms. The van der Waals surface area contributed by atoms with Crippen molar-refractivity contribution in [2.45, 2.75) is 26.4 Å². The number of fused-ring (bicyclic) bond motifs is 4. The van der Waals surface area contributed by atoms with Gasteiger partial charge in [0.15, 0.2) is 0 Å². The second-order valence-corrected chi connectivity index (χ2v) is 6.98. The zero-order chi connectivity index (χ0) is 18.5. The first-order valence-corrected chi connectivity index (χ1v) is 9.30. The monoisotopic (exact) mass is 360 g/mol. The van der Waals surface area contributed by atoms with E-state index in [1.807, 2.05) is 12.1 Å². The molecule has 0 N–H and O–H groups in total. The van der Waals surface area contributed by atoms with E-state index in [1.54, 1.807) is 7.11 Å². The fourth-order valence-corrected chi connectivity index (χ4v) is 4.30. The number of ether oxygens (including phenoxy) is 3. The first-order chi connectivity index (χ1) is 13.2. The minimum absolute atomic E-state index is 0.253. The van der Waals surface area contributed by atoms with E-state index in [2.05, 4.69) is 31.2 Å². The molecular formula is C23H20O4.